The number of benzene rings is 2. The number of halogens is 1. The Morgan fingerprint density at radius 3 is 2.32 bits per heavy atom. The quantitative estimate of drug-likeness (QED) is 0.236. The van der Waals surface area contributed by atoms with Gasteiger partial charge < -0.3 is 4.74 Å². The molecule has 0 radical (unpaired) electrons. The molecule has 2 N–H and O–H groups in total. The maximum absolute atomic E-state index is 13.5. The summed E-state index contributed by atoms with van der Waals surface area (Å²) in [5, 5.41) is 9.19. The van der Waals surface area contributed by atoms with Crippen LogP contribution in [0, 0.1) is 11.7 Å². The molecule has 9 heteroatoms. The SMILES string of the molecule is C=CCCOc1ccc(S(=O)(=O)N(Cc2ccc(F)cc2)C(C(=O)NO)C(C)C)cc1. The maximum Gasteiger partial charge on any atom is 0.262 e. The summed E-state index contributed by atoms with van der Waals surface area (Å²) in [5.74, 6) is -1.27. The highest BCUT2D eigenvalue weighted by atomic mass is 32.2. The minimum absolute atomic E-state index is 0.0397. The molecule has 0 spiro atoms. The Bertz CT molecular complexity index is 976. The molecule has 0 heterocycles. The molecule has 0 saturated carbocycles. The molecule has 2 aromatic carbocycles. The lowest BCUT2D eigenvalue weighted by molar-refractivity contribution is -0.134. The van der Waals surface area contributed by atoms with E-state index in [0.717, 1.165) is 4.31 Å². The smallest absolute Gasteiger partial charge is 0.262 e. The van der Waals surface area contributed by atoms with Gasteiger partial charge in [0.05, 0.1) is 11.5 Å². The summed E-state index contributed by atoms with van der Waals surface area (Å²) in [6.07, 6.45) is 2.36. The van der Waals surface area contributed by atoms with Crippen molar-refractivity contribution in [3.63, 3.8) is 0 Å². The molecule has 0 aliphatic carbocycles. The van der Waals surface area contributed by atoms with E-state index in [1.807, 2.05) is 0 Å². The summed E-state index contributed by atoms with van der Waals surface area (Å²) in [6, 6.07) is 9.98. The monoisotopic (exact) mass is 450 g/mol. The number of hydrogen-bond donors (Lipinski definition) is 2. The largest absolute Gasteiger partial charge is 0.493 e. The van der Waals surface area contributed by atoms with Gasteiger partial charge in [-0.05, 0) is 54.3 Å². The lowest BCUT2D eigenvalue weighted by Crippen LogP contribution is -2.51. The molecular weight excluding hydrogens is 423 g/mol. The van der Waals surface area contributed by atoms with Crippen LogP contribution in [0.3, 0.4) is 0 Å². The lowest BCUT2D eigenvalue weighted by atomic mass is 10.0. The standard InChI is InChI=1S/C22H27FN2O5S/c1-4-5-14-30-19-10-12-20(13-11-19)31(28,29)25(21(16(2)3)22(26)24-27)15-17-6-8-18(23)9-7-17/h4,6-13,16,21,27H,1,5,14-15H2,2-3H3,(H,24,26). The van der Waals surface area contributed by atoms with Gasteiger partial charge >= 0.3 is 0 Å². The number of nitrogens with zero attached hydrogens (tertiary/aromatic N) is 1. The third kappa shape index (κ3) is 6.36. The van der Waals surface area contributed by atoms with Crippen LogP contribution in [0.5, 0.6) is 5.75 Å². The number of carbonyl (C=O) groups is 1. The molecule has 0 bridgehead atoms. The average molecular weight is 451 g/mol. The van der Waals surface area contributed by atoms with Crippen molar-refractivity contribution in [1.82, 2.24) is 9.79 Å². The second kappa shape index (κ2) is 11.0. The van der Waals surface area contributed by atoms with Crippen LogP contribution in [0.15, 0.2) is 66.1 Å². The van der Waals surface area contributed by atoms with Crippen molar-refractivity contribution in [1.29, 1.82) is 0 Å². The molecule has 1 amide bonds. The Balaban J connectivity index is 2.43. The van der Waals surface area contributed by atoms with Crippen LogP contribution in [0.4, 0.5) is 4.39 Å². The fraction of sp³-hybridized carbons (Fsp3) is 0.318. The van der Waals surface area contributed by atoms with Crippen LogP contribution in [-0.2, 0) is 21.4 Å². The van der Waals surface area contributed by atoms with Gasteiger partial charge in [0.1, 0.15) is 17.6 Å². The van der Waals surface area contributed by atoms with E-state index in [1.54, 1.807) is 25.4 Å². The Labute approximate surface area is 182 Å². The Morgan fingerprint density at radius 1 is 1.19 bits per heavy atom. The van der Waals surface area contributed by atoms with Crippen molar-refractivity contribution >= 4 is 15.9 Å². The first-order valence-electron chi connectivity index (χ1n) is 9.74. The zero-order chi connectivity index (χ0) is 23.0. The van der Waals surface area contributed by atoms with Gasteiger partial charge in [0.15, 0.2) is 0 Å². The number of nitrogens with one attached hydrogen (secondary N) is 1. The predicted octanol–water partition coefficient (Wildman–Crippen LogP) is 3.50. The number of amides is 1. The summed E-state index contributed by atoms with van der Waals surface area (Å²) in [7, 11) is -4.15. The molecule has 1 atom stereocenters. The first-order valence-corrected chi connectivity index (χ1v) is 11.2. The van der Waals surface area contributed by atoms with Crippen LogP contribution >= 0.6 is 0 Å². The molecular formula is C22H27FN2O5S. The molecule has 1 unspecified atom stereocenters. The number of hydroxylamine groups is 1. The number of ether oxygens (including phenoxy) is 1. The minimum Gasteiger partial charge on any atom is -0.493 e. The van der Waals surface area contributed by atoms with Crippen LogP contribution < -0.4 is 10.2 Å². The van der Waals surface area contributed by atoms with Crippen molar-refractivity contribution in [3.05, 3.63) is 72.6 Å². The predicted molar refractivity (Wildman–Crippen MR) is 114 cm³/mol. The van der Waals surface area contributed by atoms with Gasteiger partial charge in [-0.1, -0.05) is 32.1 Å². The highest BCUT2D eigenvalue weighted by molar-refractivity contribution is 7.89. The van der Waals surface area contributed by atoms with Crippen molar-refractivity contribution in [2.45, 2.75) is 37.8 Å². The highest BCUT2D eigenvalue weighted by Gasteiger charge is 2.38. The van der Waals surface area contributed by atoms with Gasteiger partial charge in [0.2, 0.25) is 10.0 Å². The van der Waals surface area contributed by atoms with E-state index < -0.39 is 33.7 Å². The van der Waals surface area contributed by atoms with E-state index in [2.05, 4.69) is 6.58 Å². The Hall–Kier alpha value is -2.75. The van der Waals surface area contributed by atoms with Crippen molar-refractivity contribution in [3.8, 4) is 5.75 Å². The van der Waals surface area contributed by atoms with Crippen molar-refractivity contribution in [2.75, 3.05) is 6.61 Å². The Morgan fingerprint density at radius 2 is 1.81 bits per heavy atom. The summed E-state index contributed by atoms with van der Waals surface area (Å²) < 4.78 is 46.8. The van der Waals surface area contributed by atoms with Crippen molar-refractivity contribution < 1.29 is 27.5 Å². The van der Waals surface area contributed by atoms with Gasteiger partial charge in [0, 0.05) is 6.54 Å². The van der Waals surface area contributed by atoms with Crippen LogP contribution in [0.1, 0.15) is 25.8 Å². The zero-order valence-electron chi connectivity index (χ0n) is 17.5. The van der Waals surface area contributed by atoms with E-state index in [4.69, 9.17) is 4.74 Å². The average Bonchev–Trinajstić information content (AvgIpc) is 2.74. The maximum atomic E-state index is 13.5. The van der Waals surface area contributed by atoms with Crippen molar-refractivity contribution in [2.24, 2.45) is 5.92 Å². The topological polar surface area (TPSA) is 95.9 Å². The van der Waals surface area contributed by atoms with E-state index in [0.29, 0.717) is 24.3 Å². The van der Waals surface area contributed by atoms with Crippen LogP contribution in [-0.4, -0.2) is 36.5 Å². The number of hydrogen-bond acceptors (Lipinski definition) is 5. The summed E-state index contributed by atoms with van der Waals surface area (Å²) >= 11 is 0. The normalized spacial score (nSPS) is 12.6. The van der Waals surface area contributed by atoms with Gasteiger partial charge in [-0.3, -0.25) is 10.0 Å². The number of rotatable bonds is 11. The van der Waals surface area contributed by atoms with E-state index in [1.165, 1.54) is 48.5 Å². The van der Waals surface area contributed by atoms with Gasteiger partial charge in [-0.2, -0.15) is 4.31 Å². The van der Waals surface area contributed by atoms with E-state index in [-0.39, 0.29) is 11.4 Å². The first kappa shape index (κ1) is 24.5. The summed E-state index contributed by atoms with van der Waals surface area (Å²) in [6.45, 7) is 7.18. The summed E-state index contributed by atoms with van der Waals surface area (Å²) in [5.41, 5.74) is 2.04. The fourth-order valence-corrected chi connectivity index (χ4v) is 4.75. The molecule has 0 fully saturated rings. The number of sulfonamides is 1. The number of carbonyl (C=O) groups excluding carboxylic acids is 1. The molecule has 0 aliphatic heterocycles. The summed E-state index contributed by atoms with van der Waals surface area (Å²) in [4.78, 5) is 12.3. The molecule has 2 rings (SSSR count). The first-order chi connectivity index (χ1) is 14.7. The van der Waals surface area contributed by atoms with Gasteiger partial charge in [0.25, 0.3) is 5.91 Å². The fourth-order valence-electron chi connectivity index (χ4n) is 3.04. The molecule has 168 valence electrons. The third-order valence-electron chi connectivity index (χ3n) is 4.59. The molecule has 31 heavy (non-hydrogen) atoms. The highest BCUT2D eigenvalue weighted by Crippen LogP contribution is 2.26. The molecule has 7 nitrogen and oxygen atoms in total. The lowest BCUT2D eigenvalue weighted by Gasteiger charge is -2.32. The van der Waals surface area contributed by atoms with Crippen LogP contribution in [0.2, 0.25) is 0 Å². The second-order valence-corrected chi connectivity index (χ2v) is 9.13. The van der Waals surface area contributed by atoms with E-state index in [9.17, 15) is 22.8 Å². The third-order valence-corrected chi connectivity index (χ3v) is 6.43. The van der Waals surface area contributed by atoms with Gasteiger partial charge in [-0.15, -0.1) is 6.58 Å². The second-order valence-electron chi connectivity index (χ2n) is 7.24. The Kier molecular flexibility index (Phi) is 8.73. The molecule has 2 aromatic rings. The van der Waals surface area contributed by atoms with Crippen LogP contribution in [0.25, 0.3) is 0 Å². The zero-order valence-corrected chi connectivity index (χ0v) is 18.3. The van der Waals surface area contributed by atoms with Gasteiger partial charge in [-0.25, -0.2) is 18.3 Å². The molecule has 0 aliphatic rings. The molecule has 0 aromatic heterocycles. The van der Waals surface area contributed by atoms with E-state index >= 15 is 0 Å². The minimum atomic E-state index is -4.15. The molecule has 0 saturated heterocycles.